The van der Waals surface area contributed by atoms with Gasteiger partial charge in [0.25, 0.3) is 0 Å². The maximum atomic E-state index is 13.3. The number of carbonyl (C=O) groups is 2. The topological polar surface area (TPSA) is 84.0 Å². The highest BCUT2D eigenvalue weighted by atomic mass is 32.2. The number of fused-ring (bicyclic) bond motifs is 1. The maximum absolute atomic E-state index is 13.3. The average Bonchev–Trinajstić information content (AvgIpc) is 2.78. The molecule has 3 aliphatic carbocycles. The Balaban J connectivity index is 1.51. The Hall–Kier alpha value is -1.31. The van der Waals surface area contributed by atoms with Crippen LogP contribution in [0.2, 0.25) is 0 Å². The van der Waals surface area contributed by atoms with E-state index in [2.05, 4.69) is 0 Å². The summed E-state index contributed by atoms with van der Waals surface area (Å²) in [5, 5.41) is -0.235. The Bertz CT molecular complexity index is 825. The van der Waals surface area contributed by atoms with Gasteiger partial charge in [0, 0.05) is 25.8 Å². The number of hydrogen-bond donors (Lipinski definition) is 0. The molecule has 33 heavy (non-hydrogen) atoms. The molecule has 0 spiro atoms. The fraction of sp³-hybridized carbons (Fsp3) is 0.920. The van der Waals surface area contributed by atoms with Crippen molar-refractivity contribution < 1.29 is 22.7 Å². The predicted molar refractivity (Wildman–Crippen MR) is 128 cm³/mol. The van der Waals surface area contributed by atoms with Crippen LogP contribution in [0.25, 0.3) is 0 Å². The third-order valence-corrected chi connectivity index (χ3v) is 10.5. The second kappa shape index (κ2) is 10.1. The molecule has 4 rings (SSSR count). The van der Waals surface area contributed by atoms with Crippen LogP contribution in [0.3, 0.4) is 0 Å². The molecule has 4 aliphatic rings. The molecule has 5 unspecified atom stereocenters. The lowest BCUT2D eigenvalue weighted by Crippen LogP contribution is -2.67. The monoisotopic (exact) mass is 482 g/mol. The molecule has 188 valence electrons. The van der Waals surface area contributed by atoms with Gasteiger partial charge >= 0.3 is 6.09 Å². The number of ether oxygens (including phenoxy) is 1. The zero-order chi connectivity index (χ0) is 23.8. The van der Waals surface area contributed by atoms with Crippen molar-refractivity contribution in [2.75, 3.05) is 12.8 Å². The van der Waals surface area contributed by atoms with E-state index in [1.807, 2.05) is 16.7 Å². The quantitative estimate of drug-likeness (QED) is 0.603. The molecule has 0 radical (unpaired) electrons. The molecule has 2 amide bonds. The van der Waals surface area contributed by atoms with Crippen LogP contribution in [-0.4, -0.2) is 72.5 Å². The van der Waals surface area contributed by atoms with Crippen LogP contribution in [0.5, 0.6) is 0 Å². The van der Waals surface area contributed by atoms with Crippen molar-refractivity contribution >= 4 is 21.8 Å². The third-order valence-electron chi connectivity index (χ3n) is 8.87. The van der Waals surface area contributed by atoms with Crippen molar-refractivity contribution in [3.8, 4) is 0 Å². The van der Waals surface area contributed by atoms with E-state index in [1.165, 1.54) is 12.7 Å². The van der Waals surface area contributed by atoms with Gasteiger partial charge in [0.1, 0.15) is 15.9 Å². The number of rotatable bonds is 3. The van der Waals surface area contributed by atoms with Gasteiger partial charge in [-0.3, -0.25) is 4.79 Å². The van der Waals surface area contributed by atoms with Gasteiger partial charge < -0.3 is 14.5 Å². The molecular formula is C25H42N2O5S. The highest BCUT2D eigenvalue weighted by Gasteiger charge is 2.48. The summed E-state index contributed by atoms with van der Waals surface area (Å²) in [6, 6.07) is -0.0437. The largest absolute Gasteiger partial charge is 0.446 e. The van der Waals surface area contributed by atoms with E-state index in [1.54, 1.807) is 6.92 Å². The van der Waals surface area contributed by atoms with Gasteiger partial charge in [0.05, 0.1) is 17.3 Å². The molecule has 0 aromatic carbocycles. The number of carbonyl (C=O) groups excluding carboxylic acids is 2. The lowest BCUT2D eigenvalue weighted by atomic mass is 9.69. The first-order valence-electron chi connectivity index (χ1n) is 13.1. The zero-order valence-corrected chi connectivity index (χ0v) is 21.4. The molecule has 0 bridgehead atoms. The lowest BCUT2D eigenvalue weighted by molar-refractivity contribution is -0.143. The van der Waals surface area contributed by atoms with Gasteiger partial charge in [0.2, 0.25) is 5.91 Å². The fourth-order valence-corrected chi connectivity index (χ4v) is 8.42. The van der Waals surface area contributed by atoms with E-state index in [4.69, 9.17) is 4.74 Å². The molecule has 6 atom stereocenters. The van der Waals surface area contributed by atoms with Gasteiger partial charge in [-0.2, -0.15) is 0 Å². The smallest absolute Gasteiger partial charge is 0.410 e. The first kappa shape index (κ1) is 24.8. The minimum absolute atomic E-state index is 0.0130. The van der Waals surface area contributed by atoms with Crippen LogP contribution in [0.15, 0.2) is 0 Å². The highest BCUT2D eigenvalue weighted by Crippen LogP contribution is 2.44. The predicted octanol–water partition coefficient (Wildman–Crippen LogP) is 4.15. The molecule has 8 heteroatoms. The molecule has 1 heterocycles. The number of sulfone groups is 1. The lowest BCUT2D eigenvalue weighted by Gasteiger charge is -2.54. The fourth-order valence-electron chi connectivity index (χ4n) is 7.23. The summed E-state index contributed by atoms with van der Waals surface area (Å²) in [4.78, 5) is 29.8. The standard InChI is InChI=1S/C25H42N2O5S/c1-17-16-26(25(29)32-21-9-5-4-6-10-21)24-15-20(12-13-23(24)27(17)18(2)28)19-8-7-11-22(14-19)33(3,30)31/h17,19-24H,4-16H2,1-3H3/t17-,19?,20?,22?,23?,24?/m0/s1. The van der Waals surface area contributed by atoms with Crippen LogP contribution in [-0.2, 0) is 19.4 Å². The van der Waals surface area contributed by atoms with Gasteiger partial charge in [0.15, 0.2) is 0 Å². The molecule has 4 fully saturated rings. The Morgan fingerprint density at radius 2 is 1.55 bits per heavy atom. The average molecular weight is 483 g/mol. The normalized spacial score (nSPS) is 36.2. The van der Waals surface area contributed by atoms with Crippen LogP contribution in [0.4, 0.5) is 4.79 Å². The Morgan fingerprint density at radius 3 is 2.21 bits per heavy atom. The van der Waals surface area contributed by atoms with Crippen molar-refractivity contribution in [2.45, 2.75) is 120 Å². The van der Waals surface area contributed by atoms with Crippen LogP contribution in [0.1, 0.15) is 90.9 Å². The summed E-state index contributed by atoms with van der Waals surface area (Å²) in [6.45, 7) is 4.17. The van der Waals surface area contributed by atoms with Crippen molar-refractivity contribution in [3.63, 3.8) is 0 Å². The molecule has 3 saturated carbocycles. The summed E-state index contributed by atoms with van der Waals surface area (Å²) >= 11 is 0. The third kappa shape index (κ3) is 5.51. The van der Waals surface area contributed by atoms with E-state index in [0.29, 0.717) is 18.4 Å². The van der Waals surface area contributed by atoms with Crippen molar-refractivity contribution in [2.24, 2.45) is 11.8 Å². The molecule has 1 aliphatic heterocycles. The summed E-state index contributed by atoms with van der Waals surface area (Å²) in [7, 11) is -3.03. The number of nitrogens with zero attached hydrogens (tertiary/aromatic N) is 2. The maximum Gasteiger partial charge on any atom is 0.410 e. The van der Waals surface area contributed by atoms with Crippen molar-refractivity contribution in [1.29, 1.82) is 0 Å². The second-order valence-electron chi connectivity index (χ2n) is 11.2. The van der Waals surface area contributed by atoms with Crippen molar-refractivity contribution in [3.05, 3.63) is 0 Å². The van der Waals surface area contributed by atoms with E-state index < -0.39 is 9.84 Å². The van der Waals surface area contributed by atoms with E-state index in [-0.39, 0.29) is 41.5 Å². The SMILES string of the molecule is CC(=O)N1C2CCC(C3CCCC(S(C)(=O)=O)C3)CC2N(C(=O)OC2CCCCC2)C[C@@H]1C. The van der Waals surface area contributed by atoms with Gasteiger partial charge in [-0.05, 0) is 76.5 Å². The van der Waals surface area contributed by atoms with E-state index in [9.17, 15) is 18.0 Å². The minimum atomic E-state index is -3.03. The van der Waals surface area contributed by atoms with E-state index in [0.717, 1.165) is 70.6 Å². The molecule has 7 nitrogen and oxygen atoms in total. The highest BCUT2D eigenvalue weighted by molar-refractivity contribution is 7.91. The number of hydrogen-bond acceptors (Lipinski definition) is 5. The number of amides is 2. The Morgan fingerprint density at radius 1 is 0.848 bits per heavy atom. The summed E-state index contributed by atoms with van der Waals surface area (Å²) in [6.07, 6.45) is 12.7. The Labute approximate surface area is 199 Å². The summed E-state index contributed by atoms with van der Waals surface area (Å²) in [5.41, 5.74) is 0. The first-order valence-corrected chi connectivity index (χ1v) is 15.1. The van der Waals surface area contributed by atoms with Gasteiger partial charge in [-0.15, -0.1) is 0 Å². The molecule has 0 aromatic rings. The summed E-state index contributed by atoms with van der Waals surface area (Å²) < 4.78 is 30.4. The van der Waals surface area contributed by atoms with Crippen molar-refractivity contribution in [1.82, 2.24) is 9.80 Å². The van der Waals surface area contributed by atoms with Crippen LogP contribution >= 0.6 is 0 Å². The summed E-state index contributed by atoms with van der Waals surface area (Å²) in [5.74, 6) is 0.842. The van der Waals surface area contributed by atoms with Gasteiger partial charge in [-0.25, -0.2) is 13.2 Å². The van der Waals surface area contributed by atoms with Gasteiger partial charge in [-0.1, -0.05) is 19.3 Å². The molecular weight excluding hydrogens is 440 g/mol. The Kier molecular flexibility index (Phi) is 7.61. The molecule has 0 aromatic heterocycles. The van der Waals surface area contributed by atoms with Crippen LogP contribution < -0.4 is 0 Å². The molecule has 0 N–H and O–H groups in total. The first-order chi connectivity index (χ1) is 15.6. The second-order valence-corrected chi connectivity index (χ2v) is 13.5. The van der Waals surface area contributed by atoms with E-state index >= 15 is 0 Å². The minimum Gasteiger partial charge on any atom is -0.446 e. The number of piperazine rings is 1. The zero-order valence-electron chi connectivity index (χ0n) is 20.6. The van der Waals surface area contributed by atoms with Crippen LogP contribution in [0, 0.1) is 11.8 Å². The molecule has 1 saturated heterocycles.